The molecule has 0 aromatic heterocycles. The Labute approximate surface area is 105 Å². The van der Waals surface area contributed by atoms with E-state index in [-0.39, 0.29) is 0 Å². The fraction of sp³-hybridized carbons (Fsp3) is 0.533. The maximum absolute atomic E-state index is 8.58. The number of nitrogens with zero attached hydrogens (tertiary/aromatic N) is 2. The van der Waals surface area contributed by atoms with E-state index in [0.717, 1.165) is 32.5 Å². The van der Waals surface area contributed by atoms with Crippen LogP contribution in [0.1, 0.15) is 25.3 Å². The Morgan fingerprint density at radius 1 is 1.24 bits per heavy atom. The molecule has 1 fully saturated rings. The molecule has 1 aromatic rings. The molecule has 2 nitrogen and oxygen atoms in total. The number of piperidine rings is 1. The Kier molecular flexibility index (Phi) is 6.35. The Morgan fingerprint density at radius 3 is 2.18 bits per heavy atom. The number of hydrogen-bond donors (Lipinski definition) is 0. The second-order valence-electron chi connectivity index (χ2n) is 4.49. The average Bonchev–Trinajstić information content (AvgIpc) is 2.40. The molecule has 1 aliphatic rings. The summed E-state index contributed by atoms with van der Waals surface area (Å²) in [5, 5.41) is 8.58. The summed E-state index contributed by atoms with van der Waals surface area (Å²) >= 11 is 0. The lowest BCUT2D eigenvalue weighted by Gasteiger charge is -2.27. The van der Waals surface area contributed by atoms with Gasteiger partial charge in [-0.15, -0.1) is 0 Å². The standard InChI is InChI=1S/C8H14N2.C7H8/c1-2-10-5-3-8(7-9)4-6-10;1-7-5-3-2-4-6-7/h8H,2-6H2,1H3;2-6H,1H3. The molecular weight excluding hydrogens is 208 g/mol. The molecule has 1 aliphatic heterocycles. The summed E-state index contributed by atoms with van der Waals surface area (Å²) in [6.07, 6.45) is 2.15. The second-order valence-corrected chi connectivity index (χ2v) is 4.49. The lowest BCUT2D eigenvalue weighted by Crippen LogP contribution is -2.32. The van der Waals surface area contributed by atoms with Gasteiger partial charge in [-0.05, 0) is 39.4 Å². The minimum absolute atomic E-state index is 0.336. The molecule has 0 radical (unpaired) electrons. The van der Waals surface area contributed by atoms with E-state index in [1.807, 2.05) is 18.2 Å². The van der Waals surface area contributed by atoms with E-state index >= 15 is 0 Å². The Bertz CT molecular complexity index is 332. The van der Waals surface area contributed by atoms with E-state index in [9.17, 15) is 0 Å². The van der Waals surface area contributed by atoms with Crippen LogP contribution in [0.2, 0.25) is 0 Å². The first-order valence-corrected chi connectivity index (χ1v) is 6.40. The predicted octanol–water partition coefficient (Wildman–Crippen LogP) is 3.24. The molecule has 0 amide bonds. The van der Waals surface area contributed by atoms with Crippen molar-refractivity contribution in [1.29, 1.82) is 5.26 Å². The average molecular weight is 230 g/mol. The SMILES string of the molecule is CCN1CCC(C#N)CC1.Cc1ccccc1. The minimum atomic E-state index is 0.336. The minimum Gasteiger partial charge on any atom is -0.304 e. The van der Waals surface area contributed by atoms with E-state index in [4.69, 9.17) is 5.26 Å². The number of rotatable bonds is 1. The molecule has 1 heterocycles. The van der Waals surface area contributed by atoms with Crippen LogP contribution in [0.25, 0.3) is 0 Å². The number of nitriles is 1. The van der Waals surface area contributed by atoms with Crippen LogP contribution in [0.3, 0.4) is 0 Å². The summed E-state index contributed by atoms with van der Waals surface area (Å²) in [6, 6.07) is 12.6. The number of aryl methyl sites for hydroxylation is 1. The van der Waals surface area contributed by atoms with E-state index in [0.29, 0.717) is 5.92 Å². The van der Waals surface area contributed by atoms with Gasteiger partial charge >= 0.3 is 0 Å². The van der Waals surface area contributed by atoms with Crippen molar-refractivity contribution < 1.29 is 0 Å². The molecular formula is C15H22N2. The van der Waals surface area contributed by atoms with Crippen LogP contribution in [0.15, 0.2) is 30.3 Å². The van der Waals surface area contributed by atoms with Crippen LogP contribution in [0.4, 0.5) is 0 Å². The molecule has 2 rings (SSSR count). The second kappa shape index (κ2) is 7.86. The summed E-state index contributed by atoms with van der Waals surface area (Å²) < 4.78 is 0. The monoisotopic (exact) mass is 230 g/mol. The van der Waals surface area contributed by atoms with E-state index < -0.39 is 0 Å². The highest BCUT2D eigenvalue weighted by Crippen LogP contribution is 2.14. The number of likely N-dealkylation sites (tertiary alicyclic amines) is 1. The van der Waals surface area contributed by atoms with Gasteiger partial charge in [-0.25, -0.2) is 0 Å². The zero-order chi connectivity index (χ0) is 12.5. The molecule has 92 valence electrons. The van der Waals surface area contributed by atoms with Crippen molar-refractivity contribution in [2.45, 2.75) is 26.7 Å². The van der Waals surface area contributed by atoms with Crippen LogP contribution in [0, 0.1) is 24.2 Å². The Morgan fingerprint density at radius 2 is 1.82 bits per heavy atom. The zero-order valence-corrected chi connectivity index (χ0v) is 10.9. The molecule has 2 heteroatoms. The molecule has 0 unspecified atom stereocenters. The third-order valence-electron chi connectivity index (χ3n) is 3.16. The van der Waals surface area contributed by atoms with Crippen molar-refractivity contribution in [2.75, 3.05) is 19.6 Å². The lowest BCUT2D eigenvalue weighted by molar-refractivity contribution is 0.215. The van der Waals surface area contributed by atoms with Crippen LogP contribution in [-0.2, 0) is 0 Å². The number of hydrogen-bond acceptors (Lipinski definition) is 2. The third kappa shape index (κ3) is 5.51. The van der Waals surface area contributed by atoms with Crippen molar-refractivity contribution in [3.63, 3.8) is 0 Å². The van der Waals surface area contributed by atoms with Gasteiger partial charge in [0.2, 0.25) is 0 Å². The topological polar surface area (TPSA) is 27.0 Å². The van der Waals surface area contributed by atoms with Gasteiger partial charge in [0.25, 0.3) is 0 Å². The van der Waals surface area contributed by atoms with Gasteiger partial charge in [-0.2, -0.15) is 5.26 Å². The highest BCUT2D eigenvalue weighted by atomic mass is 15.1. The molecule has 0 atom stereocenters. The molecule has 17 heavy (non-hydrogen) atoms. The maximum atomic E-state index is 8.58. The molecule has 0 aliphatic carbocycles. The smallest absolute Gasteiger partial charge is 0.0656 e. The molecule has 0 saturated carbocycles. The van der Waals surface area contributed by atoms with Crippen LogP contribution < -0.4 is 0 Å². The Balaban J connectivity index is 0.000000181. The third-order valence-corrected chi connectivity index (χ3v) is 3.16. The summed E-state index contributed by atoms with van der Waals surface area (Å²) in [4.78, 5) is 2.40. The van der Waals surface area contributed by atoms with Crippen molar-refractivity contribution in [3.8, 4) is 6.07 Å². The van der Waals surface area contributed by atoms with Gasteiger partial charge in [0.1, 0.15) is 0 Å². The van der Waals surface area contributed by atoms with Gasteiger partial charge in [0.05, 0.1) is 6.07 Å². The fourth-order valence-electron chi connectivity index (χ4n) is 1.91. The van der Waals surface area contributed by atoms with Crippen molar-refractivity contribution in [1.82, 2.24) is 4.90 Å². The van der Waals surface area contributed by atoms with Gasteiger partial charge in [0, 0.05) is 5.92 Å². The van der Waals surface area contributed by atoms with Crippen molar-refractivity contribution in [3.05, 3.63) is 35.9 Å². The van der Waals surface area contributed by atoms with Gasteiger partial charge in [-0.3, -0.25) is 0 Å². The summed E-state index contributed by atoms with van der Waals surface area (Å²) in [5.74, 6) is 0.336. The van der Waals surface area contributed by atoms with Crippen molar-refractivity contribution in [2.24, 2.45) is 5.92 Å². The van der Waals surface area contributed by atoms with E-state index in [2.05, 4.69) is 36.9 Å². The maximum Gasteiger partial charge on any atom is 0.0656 e. The van der Waals surface area contributed by atoms with Crippen LogP contribution >= 0.6 is 0 Å². The lowest BCUT2D eigenvalue weighted by atomic mass is 9.99. The molecule has 1 saturated heterocycles. The summed E-state index contributed by atoms with van der Waals surface area (Å²) in [5.41, 5.74) is 1.32. The normalized spacial score (nSPS) is 16.8. The van der Waals surface area contributed by atoms with E-state index in [1.54, 1.807) is 0 Å². The molecule has 0 spiro atoms. The quantitative estimate of drug-likeness (QED) is 0.740. The predicted molar refractivity (Wildman–Crippen MR) is 71.6 cm³/mol. The van der Waals surface area contributed by atoms with Gasteiger partial charge in [0.15, 0.2) is 0 Å². The van der Waals surface area contributed by atoms with E-state index in [1.165, 1.54) is 5.56 Å². The first-order chi connectivity index (χ1) is 8.26. The van der Waals surface area contributed by atoms with Gasteiger partial charge < -0.3 is 4.90 Å². The summed E-state index contributed by atoms with van der Waals surface area (Å²) in [7, 11) is 0. The zero-order valence-electron chi connectivity index (χ0n) is 10.9. The highest BCUT2D eigenvalue weighted by Gasteiger charge is 2.16. The Hall–Kier alpha value is -1.33. The summed E-state index contributed by atoms with van der Waals surface area (Å²) in [6.45, 7) is 7.63. The largest absolute Gasteiger partial charge is 0.304 e. The first kappa shape index (κ1) is 13.7. The molecule has 0 bridgehead atoms. The first-order valence-electron chi connectivity index (χ1n) is 6.40. The van der Waals surface area contributed by atoms with Gasteiger partial charge in [-0.1, -0.05) is 42.8 Å². The fourth-order valence-corrected chi connectivity index (χ4v) is 1.91. The highest BCUT2D eigenvalue weighted by molar-refractivity contribution is 5.11. The van der Waals surface area contributed by atoms with Crippen molar-refractivity contribution >= 4 is 0 Å². The van der Waals surface area contributed by atoms with Crippen LogP contribution in [-0.4, -0.2) is 24.5 Å². The molecule has 0 N–H and O–H groups in total. The van der Waals surface area contributed by atoms with Crippen LogP contribution in [0.5, 0.6) is 0 Å². The number of benzene rings is 1. The molecule has 1 aromatic carbocycles.